The van der Waals surface area contributed by atoms with Crippen LogP contribution >= 0.6 is 0 Å². The van der Waals surface area contributed by atoms with E-state index >= 15 is 0 Å². The molecule has 1 rings (SSSR count). The third kappa shape index (κ3) is 2.85. The van der Waals surface area contributed by atoms with E-state index in [0.29, 0.717) is 12.5 Å². The molecule has 0 aromatic rings. The Morgan fingerprint density at radius 2 is 2.43 bits per heavy atom. The number of piperidine rings is 1. The molecule has 2 atom stereocenters. The van der Waals surface area contributed by atoms with Crippen LogP contribution in [0.4, 0.5) is 0 Å². The van der Waals surface area contributed by atoms with Crippen LogP contribution in [0.1, 0.15) is 13.3 Å². The van der Waals surface area contributed by atoms with Crippen LogP contribution in [0, 0.1) is 5.92 Å². The van der Waals surface area contributed by atoms with Gasteiger partial charge in [-0.3, -0.25) is 4.90 Å². The quantitative estimate of drug-likeness (QED) is 0.294. The molecular formula is C9H19N3O2. The Hall–Kier alpha value is -0.810. The van der Waals surface area contributed by atoms with Crippen LogP contribution in [0.2, 0.25) is 0 Å². The summed E-state index contributed by atoms with van der Waals surface area (Å²) in [5, 5.41) is 11.4. The van der Waals surface area contributed by atoms with Crippen molar-refractivity contribution < 1.29 is 9.94 Å². The van der Waals surface area contributed by atoms with Gasteiger partial charge in [-0.25, -0.2) is 0 Å². The predicted molar refractivity (Wildman–Crippen MR) is 54.4 cm³/mol. The summed E-state index contributed by atoms with van der Waals surface area (Å²) in [4.78, 5) is 2.14. The Kier molecular flexibility index (Phi) is 4.16. The van der Waals surface area contributed by atoms with Crippen LogP contribution in [0.5, 0.6) is 0 Å². The van der Waals surface area contributed by atoms with Gasteiger partial charge in [0, 0.05) is 13.7 Å². The lowest BCUT2D eigenvalue weighted by atomic mass is 9.96. The van der Waals surface area contributed by atoms with Crippen LogP contribution in [0.15, 0.2) is 5.16 Å². The minimum atomic E-state index is 0.259. The van der Waals surface area contributed by atoms with E-state index in [-0.39, 0.29) is 11.9 Å². The Balaban J connectivity index is 2.42. The van der Waals surface area contributed by atoms with Crippen molar-refractivity contribution in [2.24, 2.45) is 16.8 Å². The van der Waals surface area contributed by atoms with Crippen LogP contribution < -0.4 is 5.73 Å². The molecule has 0 spiro atoms. The van der Waals surface area contributed by atoms with Crippen LogP contribution in [0.25, 0.3) is 0 Å². The van der Waals surface area contributed by atoms with Gasteiger partial charge < -0.3 is 15.7 Å². The van der Waals surface area contributed by atoms with E-state index in [1.54, 1.807) is 7.11 Å². The second-order valence-corrected chi connectivity index (χ2v) is 3.87. The average Bonchev–Trinajstić information content (AvgIpc) is 2.20. The Bertz CT molecular complexity index is 208. The summed E-state index contributed by atoms with van der Waals surface area (Å²) in [5.41, 5.74) is 5.44. The normalized spacial score (nSPS) is 30.6. The number of nitrogens with two attached hydrogens (primary N) is 1. The van der Waals surface area contributed by atoms with Gasteiger partial charge >= 0.3 is 0 Å². The highest BCUT2D eigenvalue weighted by Gasteiger charge is 2.26. The zero-order valence-corrected chi connectivity index (χ0v) is 8.81. The third-order valence-corrected chi connectivity index (χ3v) is 2.79. The first kappa shape index (κ1) is 11.3. The van der Waals surface area contributed by atoms with E-state index in [1.165, 1.54) is 0 Å². The molecule has 0 saturated carbocycles. The predicted octanol–water partition coefficient (Wildman–Crippen LogP) is 0.0896. The maximum Gasteiger partial charge on any atom is 0.153 e. The molecule has 0 aromatic heterocycles. The second kappa shape index (κ2) is 5.17. The molecule has 5 nitrogen and oxygen atoms in total. The van der Waals surface area contributed by atoms with Gasteiger partial charge in [0.15, 0.2) is 5.84 Å². The minimum Gasteiger partial charge on any atom is -0.409 e. The first-order valence-electron chi connectivity index (χ1n) is 4.89. The average molecular weight is 201 g/mol. The van der Waals surface area contributed by atoms with Gasteiger partial charge in [-0.2, -0.15) is 0 Å². The van der Waals surface area contributed by atoms with Crippen molar-refractivity contribution >= 4 is 5.84 Å². The summed E-state index contributed by atoms with van der Waals surface area (Å²) in [5.74, 6) is 0.845. The smallest absolute Gasteiger partial charge is 0.153 e. The lowest BCUT2D eigenvalue weighted by molar-refractivity contribution is -0.000287. The molecule has 1 fully saturated rings. The molecule has 1 heterocycles. The molecule has 0 radical (unpaired) electrons. The highest BCUT2D eigenvalue weighted by Crippen LogP contribution is 2.18. The minimum absolute atomic E-state index is 0.259. The van der Waals surface area contributed by atoms with Crippen LogP contribution in [0.3, 0.4) is 0 Å². The molecule has 0 amide bonds. The number of hydrogen-bond acceptors (Lipinski definition) is 4. The molecular weight excluding hydrogens is 182 g/mol. The fourth-order valence-corrected chi connectivity index (χ4v) is 1.81. The van der Waals surface area contributed by atoms with Gasteiger partial charge in [0.1, 0.15) is 0 Å². The topological polar surface area (TPSA) is 71.1 Å². The lowest BCUT2D eigenvalue weighted by Crippen LogP contribution is -2.46. The first-order chi connectivity index (χ1) is 6.67. The van der Waals surface area contributed by atoms with Crippen molar-refractivity contribution in [3.8, 4) is 0 Å². The fraction of sp³-hybridized carbons (Fsp3) is 0.889. The molecule has 0 aromatic carbocycles. The van der Waals surface area contributed by atoms with Gasteiger partial charge in [0.2, 0.25) is 0 Å². The fourth-order valence-electron chi connectivity index (χ4n) is 1.81. The number of likely N-dealkylation sites (tertiary alicyclic amines) is 1. The van der Waals surface area contributed by atoms with Gasteiger partial charge in [-0.15, -0.1) is 0 Å². The van der Waals surface area contributed by atoms with Crippen molar-refractivity contribution in [1.29, 1.82) is 0 Å². The number of hydrogen-bond donors (Lipinski definition) is 2. The van der Waals surface area contributed by atoms with Crippen molar-refractivity contribution in [1.82, 2.24) is 4.90 Å². The number of methoxy groups -OCH3 is 1. The van der Waals surface area contributed by atoms with E-state index in [4.69, 9.17) is 15.7 Å². The zero-order chi connectivity index (χ0) is 10.6. The molecule has 0 aliphatic carbocycles. The Morgan fingerprint density at radius 1 is 1.71 bits per heavy atom. The number of ether oxygens (including phenoxy) is 1. The Morgan fingerprint density at radius 3 is 3.00 bits per heavy atom. The highest BCUT2D eigenvalue weighted by atomic mass is 16.5. The molecule has 82 valence electrons. The van der Waals surface area contributed by atoms with Crippen molar-refractivity contribution in [3.63, 3.8) is 0 Å². The summed E-state index contributed by atoms with van der Waals surface area (Å²) < 4.78 is 5.36. The number of rotatable bonds is 3. The SMILES string of the molecule is COC1CN(CC(N)=NO)CCC1C. The Labute approximate surface area is 84.5 Å². The van der Waals surface area contributed by atoms with Gasteiger partial charge in [0.05, 0.1) is 12.6 Å². The highest BCUT2D eigenvalue weighted by molar-refractivity contribution is 5.81. The molecule has 0 bridgehead atoms. The van der Waals surface area contributed by atoms with Gasteiger partial charge in [-0.05, 0) is 18.9 Å². The van der Waals surface area contributed by atoms with E-state index in [2.05, 4.69) is 17.0 Å². The van der Waals surface area contributed by atoms with E-state index in [0.717, 1.165) is 19.5 Å². The third-order valence-electron chi connectivity index (χ3n) is 2.79. The van der Waals surface area contributed by atoms with Crippen LogP contribution in [-0.4, -0.2) is 48.8 Å². The van der Waals surface area contributed by atoms with Crippen molar-refractivity contribution in [2.75, 3.05) is 26.7 Å². The summed E-state index contributed by atoms with van der Waals surface area (Å²) >= 11 is 0. The maximum absolute atomic E-state index is 8.45. The van der Waals surface area contributed by atoms with Crippen LogP contribution in [-0.2, 0) is 4.74 Å². The monoisotopic (exact) mass is 201 g/mol. The summed E-state index contributed by atoms with van der Waals surface area (Å²) in [6, 6.07) is 0. The number of amidine groups is 1. The first-order valence-corrected chi connectivity index (χ1v) is 4.89. The zero-order valence-electron chi connectivity index (χ0n) is 8.81. The largest absolute Gasteiger partial charge is 0.409 e. The second-order valence-electron chi connectivity index (χ2n) is 3.87. The molecule has 1 aliphatic rings. The maximum atomic E-state index is 8.45. The summed E-state index contributed by atoms with van der Waals surface area (Å²) in [6.45, 7) is 4.54. The van der Waals surface area contributed by atoms with E-state index < -0.39 is 0 Å². The lowest BCUT2D eigenvalue weighted by Gasteiger charge is -2.35. The van der Waals surface area contributed by atoms with Gasteiger partial charge in [0.25, 0.3) is 0 Å². The molecule has 1 aliphatic heterocycles. The summed E-state index contributed by atoms with van der Waals surface area (Å²) in [7, 11) is 1.73. The molecule has 1 saturated heterocycles. The number of nitrogens with zero attached hydrogens (tertiary/aromatic N) is 2. The number of oxime groups is 1. The van der Waals surface area contributed by atoms with Gasteiger partial charge in [-0.1, -0.05) is 12.1 Å². The van der Waals surface area contributed by atoms with E-state index in [9.17, 15) is 0 Å². The van der Waals surface area contributed by atoms with Crippen molar-refractivity contribution in [2.45, 2.75) is 19.4 Å². The van der Waals surface area contributed by atoms with Crippen molar-refractivity contribution in [3.05, 3.63) is 0 Å². The molecule has 5 heteroatoms. The molecule has 3 N–H and O–H groups in total. The van der Waals surface area contributed by atoms with E-state index in [1.807, 2.05) is 0 Å². The standard InChI is InChI=1S/C9H19N3O2/c1-7-3-4-12(5-8(7)14-2)6-9(10)11-13/h7-8,13H,3-6H2,1-2H3,(H2,10,11). The summed E-state index contributed by atoms with van der Waals surface area (Å²) in [6.07, 6.45) is 1.35. The molecule has 2 unspecified atom stereocenters. The molecule has 14 heavy (non-hydrogen) atoms.